The first kappa shape index (κ1) is 17.5. The van der Waals surface area contributed by atoms with Crippen LogP contribution in [0.3, 0.4) is 0 Å². The van der Waals surface area contributed by atoms with Gasteiger partial charge in [-0.05, 0) is 58.4 Å². The van der Waals surface area contributed by atoms with Gasteiger partial charge in [0.15, 0.2) is 0 Å². The van der Waals surface area contributed by atoms with E-state index in [4.69, 9.17) is 9.31 Å². The summed E-state index contributed by atoms with van der Waals surface area (Å²) >= 11 is 0. The Balaban J connectivity index is 1.75. The molecule has 5 nitrogen and oxygen atoms in total. The van der Waals surface area contributed by atoms with Crippen LogP contribution in [0.1, 0.15) is 38.8 Å². The molecule has 0 spiro atoms. The predicted molar refractivity (Wildman–Crippen MR) is 95.0 cm³/mol. The Hall–Kier alpha value is -1.37. The lowest BCUT2D eigenvalue weighted by Gasteiger charge is -2.32. The third-order valence-electron chi connectivity index (χ3n) is 5.28. The molecule has 1 aromatic carbocycles. The number of fused-ring (bicyclic) bond motifs is 1. The van der Waals surface area contributed by atoms with Gasteiger partial charge in [0, 0.05) is 13.1 Å². The molecule has 1 saturated heterocycles. The summed E-state index contributed by atoms with van der Waals surface area (Å²) in [7, 11) is 3.47. The van der Waals surface area contributed by atoms with Crippen LogP contribution < -0.4 is 5.46 Å². The van der Waals surface area contributed by atoms with Crippen molar-refractivity contribution in [3.8, 4) is 0 Å². The maximum Gasteiger partial charge on any atom is 0.494 e. The Morgan fingerprint density at radius 2 is 1.71 bits per heavy atom. The quantitative estimate of drug-likeness (QED) is 0.786. The molecule has 0 atom stereocenters. The molecule has 1 aromatic rings. The van der Waals surface area contributed by atoms with E-state index in [1.54, 1.807) is 0 Å². The Bertz CT molecular complexity index is 642. The van der Waals surface area contributed by atoms with E-state index < -0.39 is 0 Å². The molecule has 0 saturated carbocycles. The first-order chi connectivity index (χ1) is 11.1. The molecule has 0 aliphatic carbocycles. The number of hydrogen-bond acceptors (Lipinski definition) is 4. The summed E-state index contributed by atoms with van der Waals surface area (Å²) in [5.74, 6) is 0.161. The highest BCUT2D eigenvalue weighted by molar-refractivity contribution is 6.62. The van der Waals surface area contributed by atoms with E-state index in [2.05, 4.69) is 45.9 Å². The molecule has 1 amide bonds. The van der Waals surface area contributed by atoms with E-state index >= 15 is 0 Å². The van der Waals surface area contributed by atoms with Gasteiger partial charge in [0.25, 0.3) is 0 Å². The highest BCUT2D eigenvalue weighted by Crippen LogP contribution is 2.36. The standard InChI is InChI=1S/C18H27BN2O3/c1-17(2)18(3,4)24-19(23-17)15-8-7-13-10-21(11-14(13)9-15)16(22)12-20(5)6/h7-9H,10-12H2,1-6H3. The highest BCUT2D eigenvalue weighted by atomic mass is 16.7. The van der Waals surface area contributed by atoms with Gasteiger partial charge < -0.3 is 19.1 Å². The third-order valence-corrected chi connectivity index (χ3v) is 5.28. The van der Waals surface area contributed by atoms with E-state index in [-0.39, 0.29) is 24.2 Å². The highest BCUT2D eigenvalue weighted by Gasteiger charge is 2.51. The number of amides is 1. The molecule has 0 bridgehead atoms. The van der Waals surface area contributed by atoms with Crippen molar-refractivity contribution in [3.63, 3.8) is 0 Å². The van der Waals surface area contributed by atoms with Gasteiger partial charge in [0.2, 0.25) is 5.91 Å². The molecule has 0 aromatic heterocycles. The van der Waals surface area contributed by atoms with E-state index in [0.29, 0.717) is 19.6 Å². The zero-order valence-corrected chi connectivity index (χ0v) is 15.5. The van der Waals surface area contributed by atoms with Crippen molar-refractivity contribution in [3.05, 3.63) is 29.3 Å². The monoisotopic (exact) mass is 330 g/mol. The molecule has 130 valence electrons. The zero-order valence-electron chi connectivity index (χ0n) is 15.5. The van der Waals surface area contributed by atoms with Crippen LogP contribution in [0.5, 0.6) is 0 Å². The minimum absolute atomic E-state index is 0.161. The second kappa shape index (κ2) is 5.86. The van der Waals surface area contributed by atoms with Crippen LogP contribution in [0.25, 0.3) is 0 Å². The Morgan fingerprint density at radius 3 is 2.29 bits per heavy atom. The van der Waals surface area contributed by atoms with Crippen molar-refractivity contribution >= 4 is 18.5 Å². The summed E-state index contributed by atoms with van der Waals surface area (Å²) in [6.45, 7) is 10.0. The van der Waals surface area contributed by atoms with Gasteiger partial charge >= 0.3 is 7.12 Å². The fourth-order valence-corrected chi connectivity index (χ4v) is 3.09. The van der Waals surface area contributed by atoms with Crippen molar-refractivity contribution in [1.82, 2.24) is 9.80 Å². The van der Waals surface area contributed by atoms with E-state index in [1.165, 1.54) is 11.1 Å². The maximum absolute atomic E-state index is 12.3. The Morgan fingerprint density at radius 1 is 1.12 bits per heavy atom. The topological polar surface area (TPSA) is 42.0 Å². The van der Waals surface area contributed by atoms with Crippen LogP contribution in [-0.4, -0.2) is 54.7 Å². The average Bonchev–Trinajstić information content (AvgIpc) is 2.96. The van der Waals surface area contributed by atoms with E-state index in [9.17, 15) is 4.79 Å². The van der Waals surface area contributed by atoms with Gasteiger partial charge in [-0.3, -0.25) is 4.79 Å². The number of carbonyl (C=O) groups is 1. The van der Waals surface area contributed by atoms with Crippen LogP contribution in [0.4, 0.5) is 0 Å². The fraction of sp³-hybridized carbons (Fsp3) is 0.611. The minimum atomic E-state index is -0.355. The number of nitrogens with zero attached hydrogens (tertiary/aromatic N) is 2. The van der Waals surface area contributed by atoms with Crippen LogP contribution in [0.15, 0.2) is 18.2 Å². The molecule has 1 fully saturated rings. The van der Waals surface area contributed by atoms with Gasteiger partial charge in [-0.25, -0.2) is 0 Å². The summed E-state index contributed by atoms with van der Waals surface area (Å²) in [5, 5.41) is 0. The normalized spacial score (nSPS) is 21.5. The molecule has 24 heavy (non-hydrogen) atoms. The molecule has 0 unspecified atom stereocenters. The lowest BCUT2D eigenvalue weighted by Crippen LogP contribution is -2.41. The molecule has 0 N–H and O–H groups in total. The van der Waals surface area contributed by atoms with Crippen LogP contribution >= 0.6 is 0 Å². The van der Waals surface area contributed by atoms with Crippen LogP contribution in [-0.2, 0) is 27.2 Å². The SMILES string of the molecule is CN(C)CC(=O)N1Cc2ccc(B3OC(C)(C)C(C)(C)O3)cc2C1. The zero-order chi connectivity index (χ0) is 17.7. The molecule has 0 radical (unpaired) electrons. The lowest BCUT2D eigenvalue weighted by atomic mass is 9.78. The molecule has 2 aliphatic rings. The summed E-state index contributed by atoms with van der Waals surface area (Å²) in [6.07, 6.45) is 0. The number of likely N-dealkylation sites (N-methyl/N-ethyl adjacent to an activating group) is 1. The Kier molecular flexibility index (Phi) is 4.27. The fourth-order valence-electron chi connectivity index (χ4n) is 3.09. The summed E-state index contributed by atoms with van der Waals surface area (Å²) < 4.78 is 12.3. The summed E-state index contributed by atoms with van der Waals surface area (Å²) in [4.78, 5) is 16.1. The number of carbonyl (C=O) groups excluding carboxylic acids is 1. The number of hydrogen-bond donors (Lipinski definition) is 0. The molecular formula is C18H27BN2O3. The van der Waals surface area contributed by atoms with Gasteiger partial charge in [-0.1, -0.05) is 18.2 Å². The second-order valence-electron chi connectivity index (χ2n) is 8.10. The largest absolute Gasteiger partial charge is 0.494 e. The van der Waals surface area contributed by atoms with Crippen LogP contribution in [0, 0.1) is 0 Å². The van der Waals surface area contributed by atoms with E-state index in [0.717, 1.165) is 5.46 Å². The number of benzene rings is 1. The van der Waals surface area contributed by atoms with Crippen molar-refractivity contribution in [2.24, 2.45) is 0 Å². The first-order valence-corrected chi connectivity index (χ1v) is 8.49. The summed E-state index contributed by atoms with van der Waals surface area (Å²) in [6, 6.07) is 6.28. The minimum Gasteiger partial charge on any atom is -0.399 e. The number of rotatable bonds is 3. The van der Waals surface area contributed by atoms with Gasteiger partial charge in [0.1, 0.15) is 0 Å². The second-order valence-corrected chi connectivity index (χ2v) is 8.10. The van der Waals surface area contributed by atoms with E-state index in [1.807, 2.05) is 23.9 Å². The first-order valence-electron chi connectivity index (χ1n) is 8.49. The molecule has 2 aliphatic heterocycles. The smallest absolute Gasteiger partial charge is 0.399 e. The molecule has 3 rings (SSSR count). The molecule has 6 heteroatoms. The van der Waals surface area contributed by atoms with Crippen LogP contribution in [0.2, 0.25) is 0 Å². The predicted octanol–water partition coefficient (Wildman–Crippen LogP) is 1.39. The van der Waals surface area contributed by atoms with Gasteiger partial charge in [-0.15, -0.1) is 0 Å². The van der Waals surface area contributed by atoms with Crippen molar-refractivity contribution in [2.45, 2.75) is 52.0 Å². The maximum atomic E-state index is 12.3. The van der Waals surface area contributed by atoms with Crippen molar-refractivity contribution in [1.29, 1.82) is 0 Å². The van der Waals surface area contributed by atoms with Crippen molar-refractivity contribution < 1.29 is 14.1 Å². The molecular weight excluding hydrogens is 303 g/mol. The average molecular weight is 330 g/mol. The summed E-state index contributed by atoms with van der Waals surface area (Å²) in [5.41, 5.74) is 2.74. The third kappa shape index (κ3) is 3.10. The van der Waals surface area contributed by atoms with Gasteiger partial charge in [-0.2, -0.15) is 0 Å². The molecule has 2 heterocycles. The Labute approximate surface area is 145 Å². The van der Waals surface area contributed by atoms with Crippen molar-refractivity contribution in [2.75, 3.05) is 20.6 Å². The lowest BCUT2D eigenvalue weighted by molar-refractivity contribution is -0.132. The van der Waals surface area contributed by atoms with Gasteiger partial charge in [0.05, 0.1) is 17.7 Å².